The van der Waals surface area contributed by atoms with Gasteiger partial charge in [-0.15, -0.1) is 6.42 Å². The number of halogens is 6. The monoisotopic (exact) mass is 407 g/mol. The lowest BCUT2D eigenvalue weighted by Crippen LogP contribution is -2.41. The lowest BCUT2D eigenvalue weighted by molar-refractivity contribution is -0.151. The van der Waals surface area contributed by atoms with E-state index in [0.717, 1.165) is 6.92 Å². The molecular formula is C10H13F6O6S2-. The second-order valence-corrected chi connectivity index (χ2v) is 9.06. The van der Waals surface area contributed by atoms with Crippen molar-refractivity contribution in [1.82, 2.24) is 0 Å². The van der Waals surface area contributed by atoms with E-state index >= 15 is 0 Å². The second kappa shape index (κ2) is 7.06. The van der Waals surface area contributed by atoms with Gasteiger partial charge in [-0.25, -0.2) is 0 Å². The van der Waals surface area contributed by atoms with Crippen LogP contribution < -0.4 is 0 Å². The smallest absolute Gasteiger partial charge is 0.465 e. The molecule has 6 nitrogen and oxygen atoms in total. The van der Waals surface area contributed by atoms with Gasteiger partial charge in [-0.1, -0.05) is 18.4 Å². The fourth-order valence-electron chi connectivity index (χ4n) is 1.23. The number of hydrogen-bond donors (Lipinski definition) is 0. The Morgan fingerprint density at radius 2 is 1.25 bits per heavy atom. The summed E-state index contributed by atoms with van der Waals surface area (Å²) >= 11 is 0. The van der Waals surface area contributed by atoms with E-state index in [1.807, 2.05) is 0 Å². The minimum absolute atomic E-state index is 0.762. The second-order valence-electron chi connectivity index (χ2n) is 4.88. The summed E-state index contributed by atoms with van der Waals surface area (Å²) in [5.41, 5.74) is -12.6. The molecule has 0 spiro atoms. The standard InChI is InChI=1S/C10H13F6O6S2/c1-5(2)8(17)22-6(3)4-7(23(18,19)9(11,12)13)24(20,21)10(14,15)16/h5-6H,4H2,1-3H3/q-1. The first-order valence-electron chi connectivity index (χ1n) is 6.04. The third kappa shape index (κ3) is 4.97. The van der Waals surface area contributed by atoms with Crippen LogP contribution in [0.25, 0.3) is 0 Å². The first kappa shape index (κ1) is 22.9. The van der Waals surface area contributed by atoms with Crippen molar-refractivity contribution in [3.05, 3.63) is 4.58 Å². The van der Waals surface area contributed by atoms with E-state index in [2.05, 4.69) is 4.74 Å². The molecule has 1 unspecified atom stereocenters. The molecule has 0 aromatic heterocycles. The number of carbonyl (C=O) groups is 1. The van der Waals surface area contributed by atoms with Crippen LogP contribution in [0.4, 0.5) is 26.3 Å². The Balaban J connectivity index is 5.92. The molecule has 0 aromatic carbocycles. The summed E-state index contributed by atoms with van der Waals surface area (Å²) in [6.07, 6.45) is -3.66. The highest BCUT2D eigenvalue weighted by atomic mass is 32.3. The average molecular weight is 407 g/mol. The summed E-state index contributed by atoms with van der Waals surface area (Å²) in [5, 5.41) is 0. The molecule has 0 bridgehead atoms. The van der Waals surface area contributed by atoms with Crippen molar-refractivity contribution in [2.45, 2.75) is 44.3 Å². The lowest BCUT2D eigenvalue weighted by atomic mass is 10.2. The maximum Gasteiger partial charge on any atom is 0.469 e. The molecule has 0 aliphatic carbocycles. The summed E-state index contributed by atoms with van der Waals surface area (Å²) in [7, 11) is -13.6. The third-order valence-electron chi connectivity index (χ3n) is 2.45. The molecule has 14 heteroatoms. The summed E-state index contributed by atoms with van der Waals surface area (Å²) in [6.45, 7) is 3.34. The van der Waals surface area contributed by atoms with Gasteiger partial charge in [0, 0.05) is 0 Å². The topological polar surface area (TPSA) is 94.6 Å². The van der Waals surface area contributed by atoms with Crippen molar-refractivity contribution in [3.63, 3.8) is 0 Å². The van der Waals surface area contributed by atoms with Crippen LogP contribution in [0.15, 0.2) is 0 Å². The summed E-state index contributed by atoms with van der Waals surface area (Å²) in [4.78, 5) is 11.3. The van der Waals surface area contributed by atoms with Gasteiger partial charge < -0.3 is 4.74 Å². The van der Waals surface area contributed by atoms with Crippen molar-refractivity contribution in [2.24, 2.45) is 5.92 Å². The quantitative estimate of drug-likeness (QED) is 0.381. The zero-order chi connectivity index (χ0) is 19.7. The summed E-state index contributed by atoms with van der Waals surface area (Å²) < 4.78 is 121. The van der Waals surface area contributed by atoms with Crippen molar-refractivity contribution in [3.8, 4) is 0 Å². The SMILES string of the molecule is CC(C[C-](S(=O)(=O)C(F)(F)F)S(=O)(=O)C(F)(F)F)OC(=O)C(C)C. The van der Waals surface area contributed by atoms with E-state index in [4.69, 9.17) is 0 Å². The molecule has 0 saturated heterocycles. The number of carbonyl (C=O) groups excluding carboxylic acids is 1. The highest BCUT2D eigenvalue weighted by Gasteiger charge is 2.54. The molecule has 0 heterocycles. The van der Waals surface area contributed by atoms with Crippen LogP contribution in [0.2, 0.25) is 0 Å². The van der Waals surface area contributed by atoms with E-state index in [1.54, 1.807) is 0 Å². The first-order valence-corrected chi connectivity index (χ1v) is 9.01. The fourth-order valence-corrected chi connectivity index (χ4v) is 4.38. The largest absolute Gasteiger partial charge is 0.469 e. The Morgan fingerprint density at radius 1 is 0.917 bits per heavy atom. The molecule has 0 fully saturated rings. The van der Waals surface area contributed by atoms with Crippen molar-refractivity contribution < 1.29 is 52.7 Å². The van der Waals surface area contributed by atoms with E-state index in [-0.39, 0.29) is 0 Å². The van der Waals surface area contributed by atoms with E-state index in [9.17, 15) is 48.0 Å². The Kier molecular flexibility index (Phi) is 6.75. The number of ether oxygens (including phenoxy) is 1. The van der Waals surface area contributed by atoms with Crippen LogP contribution in [-0.2, 0) is 29.2 Å². The molecule has 0 aromatic rings. The van der Waals surface area contributed by atoms with Gasteiger partial charge in [0.25, 0.3) is 0 Å². The molecule has 0 aliphatic heterocycles. The van der Waals surface area contributed by atoms with Gasteiger partial charge in [0.2, 0.25) is 0 Å². The Bertz CT molecular complexity index is 617. The number of alkyl halides is 6. The molecular weight excluding hydrogens is 394 g/mol. The highest BCUT2D eigenvalue weighted by molar-refractivity contribution is 8.13. The van der Waals surface area contributed by atoms with Gasteiger partial charge in [0.15, 0.2) is 0 Å². The third-order valence-corrected chi connectivity index (χ3v) is 6.52. The minimum atomic E-state index is -6.81. The molecule has 0 saturated carbocycles. The van der Waals surface area contributed by atoms with Crippen LogP contribution in [0.1, 0.15) is 27.2 Å². The Hall–Kier alpha value is -1.05. The van der Waals surface area contributed by atoms with Crippen LogP contribution in [0.3, 0.4) is 0 Å². The molecule has 0 aliphatic rings. The highest BCUT2D eigenvalue weighted by Crippen LogP contribution is 2.43. The average Bonchev–Trinajstić information content (AvgIpc) is 2.32. The zero-order valence-corrected chi connectivity index (χ0v) is 14.0. The van der Waals surface area contributed by atoms with Crippen LogP contribution in [0.5, 0.6) is 0 Å². The Labute approximate surface area is 134 Å². The molecule has 0 rings (SSSR count). The van der Waals surface area contributed by atoms with E-state index < -0.39 is 59.7 Å². The molecule has 0 amide bonds. The van der Waals surface area contributed by atoms with E-state index in [1.165, 1.54) is 13.8 Å². The maximum absolute atomic E-state index is 12.5. The van der Waals surface area contributed by atoms with Crippen molar-refractivity contribution >= 4 is 25.6 Å². The van der Waals surface area contributed by atoms with Crippen molar-refractivity contribution in [1.29, 1.82) is 0 Å². The van der Waals surface area contributed by atoms with Gasteiger partial charge in [0.1, 0.15) is 19.7 Å². The molecule has 0 radical (unpaired) electrons. The van der Waals surface area contributed by atoms with Gasteiger partial charge in [-0.3, -0.25) is 21.6 Å². The number of hydrogen-bond acceptors (Lipinski definition) is 6. The predicted molar refractivity (Wildman–Crippen MR) is 68.2 cm³/mol. The lowest BCUT2D eigenvalue weighted by Gasteiger charge is -2.33. The maximum atomic E-state index is 12.5. The van der Waals surface area contributed by atoms with Gasteiger partial charge in [-0.2, -0.15) is 26.3 Å². The number of esters is 1. The fraction of sp³-hybridized carbons (Fsp3) is 0.800. The van der Waals surface area contributed by atoms with Crippen LogP contribution in [0, 0.1) is 10.5 Å². The van der Waals surface area contributed by atoms with E-state index in [0.29, 0.717) is 0 Å². The van der Waals surface area contributed by atoms with Crippen molar-refractivity contribution in [2.75, 3.05) is 0 Å². The number of rotatable bonds is 6. The van der Waals surface area contributed by atoms with Gasteiger partial charge in [-0.05, 0) is 6.92 Å². The number of sulfone groups is 2. The summed E-state index contributed by atoms with van der Waals surface area (Å²) in [5.74, 6) is -1.88. The molecule has 24 heavy (non-hydrogen) atoms. The van der Waals surface area contributed by atoms with Gasteiger partial charge >= 0.3 is 17.0 Å². The first-order chi connectivity index (χ1) is 10.4. The molecule has 1 atom stereocenters. The minimum Gasteiger partial charge on any atom is -0.465 e. The van der Waals surface area contributed by atoms with Crippen LogP contribution >= 0.6 is 0 Å². The summed E-state index contributed by atoms with van der Waals surface area (Å²) in [6, 6.07) is 0. The molecule has 0 N–H and O–H groups in total. The van der Waals surface area contributed by atoms with Gasteiger partial charge in [0.05, 0.1) is 12.0 Å². The predicted octanol–water partition coefficient (Wildman–Crippen LogP) is 2.32. The zero-order valence-electron chi connectivity index (χ0n) is 12.4. The Morgan fingerprint density at radius 3 is 1.50 bits per heavy atom. The van der Waals surface area contributed by atoms with Crippen LogP contribution in [-0.4, -0.2) is 39.9 Å². The normalized spacial score (nSPS) is 15.6. The molecule has 144 valence electrons.